The standard InChI is InChI=1S/C25H21N5O2/c1-16-29-22(18-5-3-2-4-6-18)12-25(30-16)32-24-11-17(13-26)7-9-20(24)21-10-8-19(15-28-21)23(31)14-27/h2-12,15,23,31H,14,27H2,1H3. The number of nitrogens with two attached hydrogens (primary N) is 1. The fraction of sp³-hybridized carbons (Fsp3) is 0.120. The van der Waals surface area contributed by atoms with Gasteiger partial charge in [0.15, 0.2) is 0 Å². The number of aliphatic hydroxyl groups is 1. The monoisotopic (exact) mass is 423 g/mol. The Hall–Kier alpha value is -4.12. The Morgan fingerprint density at radius 2 is 1.84 bits per heavy atom. The first kappa shape index (κ1) is 21.1. The van der Waals surface area contributed by atoms with Crippen LogP contribution in [0.15, 0.2) is 72.9 Å². The van der Waals surface area contributed by atoms with E-state index in [0.29, 0.717) is 39.8 Å². The maximum atomic E-state index is 9.91. The van der Waals surface area contributed by atoms with Gasteiger partial charge < -0.3 is 15.6 Å². The quantitative estimate of drug-likeness (QED) is 0.478. The molecule has 0 radical (unpaired) electrons. The molecule has 0 bridgehead atoms. The predicted octanol–water partition coefficient (Wildman–Crippen LogP) is 4.17. The van der Waals surface area contributed by atoms with E-state index >= 15 is 0 Å². The van der Waals surface area contributed by atoms with E-state index in [9.17, 15) is 10.4 Å². The molecule has 4 rings (SSSR count). The average Bonchev–Trinajstić information content (AvgIpc) is 2.84. The average molecular weight is 423 g/mol. The van der Waals surface area contributed by atoms with Crippen molar-refractivity contribution in [3.05, 3.63) is 89.9 Å². The van der Waals surface area contributed by atoms with Gasteiger partial charge in [-0.2, -0.15) is 10.2 Å². The maximum absolute atomic E-state index is 9.91. The third-order valence-corrected chi connectivity index (χ3v) is 4.88. The zero-order chi connectivity index (χ0) is 22.5. The van der Waals surface area contributed by atoms with Gasteiger partial charge in [0.25, 0.3) is 0 Å². The van der Waals surface area contributed by atoms with Crippen molar-refractivity contribution >= 4 is 0 Å². The van der Waals surface area contributed by atoms with Crippen LogP contribution in [0.5, 0.6) is 11.6 Å². The first-order valence-electron chi connectivity index (χ1n) is 10.0. The van der Waals surface area contributed by atoms with Gasteiger partial charge in [-0.25, -0.2) is 4.98 Å². The molecule has 32 heavy (non-hydrogen) atoms. The Morgan fingerprint density at radius 3 is 2.53 bits per heavy atom. The van der Waals surface area contributed by atoms with Gasteiger partial charge in [-0.1, -0.05) is 36.4 Å². The molecule has 0 fully saturated rings. The number of hydrogen-bond donors (Lipinski definition) is 2. The second-order valence-corrected chi connectivity index (χ2v) is 7.16. The summed E-state index contributed by atoms with van der Waals surface area (Å²) in [5.74, 6) is 1.38. The number of pyridine rings is 1. The number of nitrogens with zero attached hydrogens (tertiary/aromatic N) is 4. The number of ether oxygens (including phenoxy) is 1. The second-order valence-electron chi connectivity index (χ2n) is 7.16. The SMILES string of the molecule is Cc1nc(Oc2cc(C#N)ccc2-c2ccc(C(O)CN)cn2)cc(-c2ccccc2)n1. The summed E-state index contributed by atoms with van der Waals surface area (Å²) in [6.45, 7) is 1.91. The molecule has 3 N–H and O–H groups in total. The van der Waals surface area contributed by atoms with Gasteiger partial charge in [0, 0.05) is 35.5 Å². The van der Waals surface area contributed by atoms with Crippen molar-refractivity contribution in [1.29, 1.82) is 5.26 Å². The van der Waals surface area contributed by atoms with Crippen molar-refractivity contribution in [1.82, 2.24) is 15.0 Å². The van der Waals surface area contributed by atoms with Gasteiger partial charge >= 0.3 is 0 Å². The molecule has 0 saturated carbocycles. The van der Waals surface area contributed by atoms with E-state index < -0.39 is 6.10 Å². The van der Waals surface area contributed by atoms with Crippen LogP contribution in [0.4, 0.5) is 0 Å². The molecule has 0 amide bonds. The number of aromatic nitrogens is 3. The highest BCUT2D eigenvalue weighted by atomic mass is 16.5. The van der Waals surface area contributed by atoms with Crippen LogP contribution in [-0.4, -0.2) is 26.6 Å². The van der Waals surface area contributed by atoms with Gasteiger partial charge in [0.1, 0.15) is 11.6 Å². The highest BCUT2D eigenvalue weighted by molar-refractivity contribution is 5.69. The molecular weight excluding hydrogens is 402 g/mol. The first-order valence-corrected chi connectivity index (χ1v) is 10.0. The van der Waals surface area contributed by atoms with Gasteiger partial charge in [-0.05, 0) is 31.2 Å². The minimum Gasteiger partial charge on any atom is -0.438 e. The predicted molar refractivity (Wildman–Crippen MR) is 121 cm³/mol. The fourth-order valence-corrected chi connectivity index (χ4v) is 3.25. The number of hydrogen-bond acceptors (Lipinski definition) is 7. The number of benzene rings is 2. The Labute approximate surface area is 185 Å². The third kappa shape index (κ3) is 4.62. The molecular formula is C25H21N5O2. The molecule has 2 heterocycles. The molecule has 0 saturated heterocycles. The number of aryl methyl sites for hydroxylation is 1. The summed E-state index contributed by atoms with van der Waals surface area (Å²) >= 11 is 0. The summed E-state index contributed by atoms with van der Waals surface area (Å²) in [5, 5.41) is 19.3. The molecule has 0 aliphatic carbocycles. The molecule has 4 aromatic rings. The van der Waals surface area contributed by atoms with Crippen LogP contribution in [0, 0.1) is 18.3 Å². The Bertz CT molecular complexity index is 1270. The summed E-state index contributed by atoms with van der Waals surface area (Å²) in [7, 11) is 0. The number of aliphatic hydroxyl groups excluding tert-OH is 1. The van der Waals surface area contributed by atoms with Crippen LogP contribution in [0.25, 0.3) is 22.5 Å². The minimum absolute atomic E-state index is 0.114. The minimum atomic E-state index is -0.770. The second kappa shape index (κ2) is 9.35. The Kier molecular flexibility index (Phi) is 6.17. The molecule has 0 spiro atoms. The molecule has 7 nitrogen and oxygen atoms in total. The van der Waals surface area contributed by atoms with Crippen LogP contribution in [0.3, 0.4) is 0 Å². The lowest BCUT2D eigenvalue weighted by Gasteiger charge is -2.13. The molecule has 2 aromatic carbocycles. The summed E-state index contributed by atoms with van der Waals surface area (Å²) in [6, 6.07) is 22.3. The largest absolute Gasteiger partial charge is 0.438 e. The highest BCUT2D eigenvalue weighted by Gasteiger charge is 2.14. The normalized spacial score (nSPS) is 11.6. The van der Waals surface area contributed by atoms with E-state index in [4.69, 9.17) is 10.5 Å². The van der Waals surface area contributed by atoms with Crippen molar-refractivity contribution in [2.45, 2.75) is 13.0 Å². The summed E-state index contributed by atoms with van der Waals surface area (Å²) in [6.07, 6.45) is 0.811. The van der Waals surface area contributed by atoms with Crippen LogP contribution in [0.1, 0.15) is 23.1 Å². The highest BCUT2D eigenvalue weighted by Crippen LogP contribution is 2.34. The van der Waals surface area contributed by atoms with Gasteiger partial charge in [0.05, 0.1) is 29.1 Å². The lowest BCUT2D eigenvalue weighted by Crippen LogP contribution is -2.11. The van der Waals surface area contributed by atoms with E-state index in [1.165, 1.54) is 0 Å². The van der Waals surface area contributed by atoms with Gasteiger partial charge in [-0.15, -0.1) is 0 Å². The van der Waals surface area contributed by atoms with Crippen molar-refractivity contribution in [2.24, 2.45) is 5.73 Å². The van der Waals surface area contributed by atoms with Crippen LogP contribution in [0.2, 0.25) is 0 Å². The Morgan fingerprint density at radius 1 is 1.03 bits per heavy atom. The first-order chi connectivity index (χ1) is 15.6. The summed E-state index contributed by atoms with van der Waals surface area (Å²) < 4.78 is 6.14. The van der Waals surface area contributed by atoms with Gasteiger partial charge in [-0.3, -0.25) is 4.98 Å². The van der Waals surface area contributed by atoms with E-state index in [0.717, 1.165) is 11.3 Å². The number of rotatable bonds is 6. The topological polar surface area (TPSA) is 118 Å². The smallest absolute Gasteiger partial charge is 0.223 e. The molecule has 1 unspecified atom stereocenters. The third-order valence-electron chi connectivity index (χ3n) is 4.88. The Balaban J connectivity index is 1.73. The lowest BCUT2D eigenvalue weighted by atomic mass is 10.1. The van der Waals surface area contributed by atoms with Crippen molar-refractivity contribution < 1.29 is 9.84 Å². The van der Waals surface area contributed by atoms with E-state index in [1.807, 2.05) is 30.3 Å². The molecule has 158 valence electrons. The zero-order valence-corrected chi connectivity index (χ0v) is 17.4. The van der Waals surface area contributed by atoms with Crippen molar-refractivity contribution in [3.63, 3.8) is 0 Å². The summed E-state index contributed by atoms with van der Waals surface area (Å²) in [4.78, 5) is 13.4. The van der Waals surface area contributed by atoms with Crippen LogP contribution >= 0.6 is 0 Å². The lowest BCUT2D eigenvalue weighted by molar-refractivity contribution is 0.186. The summed E-state index contributed by atoms with van der Waals surface area (Å²) in [5.41, 5.74) is 9.61. The molecule has 7 heteroatoms. The molecule has 2 aromatic heterocycles. The molecule has 0 aliphatic heterocycles. The van der Waals surface area contributed by atoms with E-state index in [2.05, 4.69) is 21.0 Å². The number of nitriles is 1. The van der Waals surface area contributed by atoms with Crippen LogP contribution < -0.4 is 10.5 Å². The maximum Gasteiger partial charge on any atom is 0.223 e. The molecule has 0 aliphatic rings. The van der Waals surface area contributed by atoms with Crippen LogP contribution in [-0.2, 0) is 0 Å². The molecule has 1 atom stereocenters. The van der Waals surface area contributed by atoms with Gasteiger partial charge in [0.2, 0.25) is 5.88 Å². The fourth-order valence-electron chi connectivity index (χ4n) is 3.25. The van der Waals surface area contributed by atoms with E-state index in [1.54, 1.807) is 49.5 Å². The zero-order valence-electron chi connectivity index (χ0n) is 17.4. The van der Waals surface area contributed by atoms with E-state index in [-0.39, 0.29) is 6.54 Å². The van der Waals surface area contributed by atoms with Crippen molar-refractivity contribution in [3.8, 4) is 40.2 Å². The van der Waals surface area contributed by atoms with Crippen molar-refractivity contribution in [2.75, 3.05) is 6.54 Å².